The minimum Gasteiger partial charge on any atom is -0.494 e. The number of ether oxygens (including phenoxy) is 2. The number of anilines is 2. The number of hydrogen-bond donors (Lipinski definition) is 3. The van der Waals surface area contributed by atoms with Gasteiger partial charge in [0.2, 0.25) is 5.91 Å². The first-order valence-electron chi connectivity index (χ1n) is 11.3. The molecule has 2 rings (SSSR count). The zero-order valence-corrected chi connectivity index (χ0v) is 19.1. The molecule has 0 aliphatic heterocycles. The van der Waals surface area contributed by atoms with Crippen LogP contribution in [0.15, 0.2) is 48.5 Å². The summed E-state index contributed by atoms with van der Waals surface area (Å²) in [6.45, 7) is 4.09. The van der Waals surface area contributed by atoms with Crippen molar-refractivity contribution < 1.29 is 19.1 Å². The fourth-order valence-corrected chi connectivity index (χ4v) is 3.06. The molecule has 0 aromatic heterocycles. The van der Waals surface area contributed by atoms with Crippen molar-refractivity contribution in [3.8, 4) is 5.75 Å². The zero-order chi connectivity index (χ0) is 23.0. The second-order valence-corrected chi connectivity index (χ2v) is 7.52. The largest absolute Gasteiger partial charge is 0.494 e. The normalized spacial score (nSPS) is 10.4. The average Bonchev–Trinajstić information content (AvgIpc) is 2.81. The van der Waals surface area contributed by atoms with Crippen molar-refractivity contribution >= 4 is 23.2 Å². The molecule has 174 valence electrons. The number of rotatable bonds is 15. The highest BCUT2D eigenvalue weighted by molar-refractivity contribution is 5.96. The van der Waals surface area contributed by atoms with Gasteiger partial charge in [0.1, 0.15) is 5.75 Å². The van der Waals surface area contributed by atoms with Crippen molar-refractivity contribution in [2.75, 3.05) is 44.0 Å². The highest BCUT2D eigenvalue weighted by Gasteiger charge is 2.07. The third-order valence-electron chi connectivity index (χ3n) is 4.77. The van der Waals surface area contributed by atoms with Gasteiger partial charge in [-0.3, -0.25) is 9.59 Å². The van der Waals surface area contributed by atoms with Gasteiger partial charge in [0.05, 0.1) is 13.2 Å². The van der Waals surface area contributed by atoms with E-state index < -0.39 is 0 Å². The maximum atomic E-state index is 12.3. The maximum Gasteiger partial charge on any atom is 0.251 e. The van der Waals surface area contributed by atoms with Crippen molar-refractivity contribution in [1.82, 2.24) is 5.32 Å². The molecule has 7 nitrogen and oxygen atoms in total. The summed E-state index contributed by atoms with van der Waals surface area (Å²) in [6.07, 6.45) is 5.36. The summed E-state index contributed by atoms with van der Waals surface area (Å²) in [7, 11) is 1.63. The Hall–Kier alpha value is -3.06. The number of methoxy groups -OCH3 is 1. The van der Waals surface area contributed by atoms with Gasteiger partial charge in [0.15, 0.2) is 0 Å². The topological polar surface area (TPSA) is 88.7 Å². The van der Waals surface area contributed by atoms with Gasteiger partial charge in [-0.15, -0.1) is 0 Å². The van der Waals surface area contributed by atoms with Crippen LogP contribution in [0.4, 0.5) is 11.4 Å². The van der Waals surface area contributed by atoms with E-state index in [-0.39, 0.29) is 18.4 Å². The van der Waals surface area contributed by atoms with Crippen molar-refractivity contribution in [1.29, 1.82) is 0 Å². The average molecular weight is 442 g/mol. The summed E-state index contributed by atoms with van der Waals surface area (Å²) in [6, 6.07) is 14.5. The predicted molar refractivity (Wildman–Crippen MR) is 128 cm³/mol. The molecule has 0 heterocycles. The molecule has 0 atom stereocenters. The van der Waals surface area contributed by atoms with Crippen LogP contribution >= 0.6 is 0 Å². The molecule has 0 aliphatic carbocycles. The SMILES string of the molecule is CCCCCCOc1cccc(NC(=O)CNc2cccc(C(=O)NCCCOC)c2)c1. The van der Waals surface area contributed by atoms with Gasteiger partial charge < -0.3 is 25.4 Å². The minimum atomic E-state index is -0.181. The Balaban J connectivity index is 1.78. The molecular formula is C25H35N3O4. The van der Waals surface area contributed by atoms with E-state index in [1.54, 1.807) is 25.3 Å². The lowest BCUT2D eigenvalue weighted by molar-refractivity contribution is -0.114. The lowest BCUT2D eigenvalue weighted by atomic mass is 10.2. The van der Waals surface area contributed by atoms with Crippen LogP contribution in [0, 0.1) is 0 Å². The minimum absolute atomic E-state index is 0.0843. The maximum absolute atomic E-state index is 12.3. The van der Waals surface area contributed by atoms with Crippen LogP contribution in [0.3, 0.4) is 0 Å². The first kappa shape index (κ1) is 25.2. The van der Waals surface area contributed by atoms with Crippen molar-refractivity contribution in [3.05, 3.63) is 54.1 Å². The number of nitrogens with one attached hydrogen (secondary N) is 3. The summed E-state index contributed by atoms with van der Waals surface area (Å²) < 4.78 is 10.7. The van der Waals surface area contributed by atoms with Gasteiger partial charge >= 0.3 is 0 Å². The highest BCUT2D eigenvalue weighted by atomic mass is 16.5. The molecule has 0 saturated carbocycles. The molecule has 0 fully saturated rings. The smallest absolute Gasteiger partial charge is 0.251 e. The first-order chi connectivity index (χ1) is 15.6. The van der Waals surface area contributed by atoms with E-state index in [0.29, 0.717) is 36.7 Å². The van der Waals surface area contributed by atoms with Gasteiger partial charge in [-0.1, -0.05) is 38.3 Å². The lowest BCUT2D eigenvalue weighted by Crippen LogP contribution is -2.25. The Morgan fingerprint density at radius 3 is 2.53 bits per heavy atom. The molecule has 0 spiro atoms. The monoisotopic (exact) mass is 441 g/mol. The quantitative estimate of drug-likeness (QED) is 0.355. The molecule has 0 bridgehead atoms. The summed E-state index contributed by atoms with van der Waals surface area (Å²) in [5, 5.41) is 8.78. The zero-order valence-electron chi connectivity index (χ0n) is 19.1. The van der Waals surface area contributed by atoms with E-state index in [0.717, 1.165) is 25.0 Å². The van der Waals surface area contributed by atoms with Crippen LogP contribution in [0.5, 0.6) is 5.75 Å². The number of carbonyl (C=O) groups is 2. The van der Waals surface area contributed by atoms with Gasteiger partial charge in [-0.25, -0.2) is 0 Å². The van der Waals surface area contributed by atoms with Crippen LogP contribution < -0.4 is 20.7 Å². The Kier molecular flexibility index (Phi) is 11.7. The van der Waals surface area contributed by atoms with Crippen LogP contribution in [0.1, 0.15) is 49.4 Å². The third-order valence-corrected chi connectivity index (χ3v) is 4.77. The van der Waals surface area contributed by atoms with Gasteiger partial charge in [-0.05, 0) is 43.2 Å². The van der Waals surface area contributed by atoms with Crippen LogP contribution in [0.2, 0.25) is 0 Å². The van der Waals surface area contributed by atoms with E-state index in [4.69, 9.17) is 9.47 Å². The Labute approximate surface area is 190 Å². The second kappa shape index (κ2) is 14.9. The summed E-state index contributed by atoms with van der Waals surface area (Å²) in [4.78, 5) is 24.6. The fraction of sp³-hybridized carbons (Fsp3) is 0.440. The predicted octanol–water partition coefficient (Wildman–Crippen LogP) is 4.46. The van der Waals surface area contributed by atoms with E-state index >= 15 is 0 Å². The number of hydrogen-bond acceptors (Lipinski definition) is 5. The Bertz CT molecular complexity index is 841. The third kappa shape index (κ3) is 9.83. The standard InChI is InChI=1S/C25H35N3O4/c1-3-4-5-6-16-32-23-13-8-12-22(18-23)28-24(29)19-27-21-11-7-10-20(17-21)25(30)26-14-9-15-31-2/h7-8,10-13,17-18,27H,3-6,9,14-16,19H2,1-2H3,(H,26,30)(H,28,29). The first-order valence-corrected chi connectivity index (χ1v) is 11.3. The molecule has 0 saturated heterocycles. The number of unbranched alkanes of at least 4 members (excludes halogenated alkanes) is 3. The summed E-state index contributed by atoms with van der Waals surface area (Å²) >= 11 is 0. The molecule has 0 unspecified atom stereocenters. The molecule has 0 aliphatic rings. The molecule has 32 heavy (non-hydrogen) atoms. The van der Waals surface area contributed by atoms with E-state index in [1.165, 1.54) is 12.8 Å². The molecular weight excluding hydrogens is 406 g/mol. The van der Waals surface area contributed by atoms with Gasteiger partial charge in [0, 0.05) is 43.3 Å². The molecule has 2 aromatic rings. The highest BCUT2D eigenvalue weighted by Crippen LogP contribution is 2.18. The van der Waals surface area contributed by atoms with E-state index in [2.05, 4.69) is 22.9 Å². The fourth-order valence-electron chi connectivity index (χ4n) is 3.06. The van der Waals surface area contributed by atoms with E-state index in [9.17, 15) is 9.59 Å². The number of benzene rings is 2. The lowest BCUT2D eigenvalue weighted by Gasteiger charge is -2.11. The number of amides is 2. The van der Waals surface area contributed by atoms with Gasteiger partial charge in [0.25, 0.3) is 5.91 Å². The van der Waals surface area contributed by atoms with Gasteiger partial charge in [-0.2, -0.15) is 0 Å². The second-order valence-electron chi connectivity index (χ2n) is 7.52. The van der Waals surface area contributed by atoms with Crippen LogP contribution in [-0.4, -0.2) is 45.2 Å². The molecule has 2 aromatic carbocycles. The van der Waals surface area contributed by atoms with Crippen LogP contribution in [-0.2, 0) is 9.53 Å². The van der Waals surface area contributed by atoms with Crippen molar-refractivity contribution in [2.24, 2.45) is 0 Å². The van der Waals surface area contributed by atoms with E-state index in [1.807, 2.05) is 30.3 Å². The molecule has 3 N–H and O–H groups in total. The molecule has 2 amide bonds. The summed E-state index contributed by atoms with van der Waals surface area (Å²) in [5.74, 6) is 0.414. The molecule has 7 heteroatoms. The summed E-state index contributed by atoms with van der Waals surface area (Å²) in [5.41, 5.74) is 1.93. The Morgan fingerprint density at radius 2 is 1.72 bits per heavy atom. The Morgan fingerprint density at radius 1 is 0.906 bits per heavy atom. The van der Waals surface area contributed by atoms with Crippen molar-refractivity contribution in [3.63, 3.8) is 0 Å². The molecule has 0 radical (unpaired) electrons. The van der Waals surface area contributed by atoms with Crippen LogP contribution in [0.25, 0.3) is 0 Å². The number of carbonyl (C=O) groups excluding carboxylic acids is 2. The van der Waals surface area contributed by atoms with Crippen molar-refractivity contribution in [2.45, 2.75) is 39.0 Å².